The summed E-state index contributed by atoms with van der Waals surface area (Å²) in [4.78, 5) is 11.3. The third-order valence-corrected chi connectivity index (χ3v) is 2.52. The summed E-state index contributed by atoms with van der Waals surface area (Å²) in [5.41, 5.74) is 0. The summed E-state index contributed by atoms with van der Waals surface area (Å²) in [6.07, 6.45) is 1.48. The van der Waals surface area contributed by atoms with Crippen molar-refractivity contribution in [3.63, 3.8) is 0 Å². The normalized spacial score (nSPS) is 15.1. The van der Waals surface area contributed by atoms with Crippen LogP contribution in [0.4, 0.5) is 0 Å². The molecule has 0 heterocycles. The maximum Gasteiger partial charge on any atom is 0.334 e. The van der Waals surface area contributed by atoms with Crippen LogP contribution in [0.1, 0.15) is 47.0 Å². The SMILES string of the molecule is CCC(C)CCOC(=O)C(O)CC(C)C. The van der Waals surface area contributed by atoms with Gasteiger partial charge < -0.3 is 9.84 Å². The zero-order chi connectivity index (χ0) is 11.8. The van der Waals surface area contributed by atoms with Gasteiger partial charge in [-0.1, -0.05) is 34.1 Å². The van der Waals surface area contributed by atoms with E-state index in [-0.39, 0.29) is 0 Å². The second-order valence-corrected chi connectivity index (χ2v) is 4.61. The summed E-state index contributed by atoms with van der Waals surface area (Å²) in [6, 6.07) is 0. The van der Waals surface area contributed by atoms with E-state index in [2.05, 4.69) is 13.8 Å². The number of aliphatic hydroxyl groups excluding tert-OH is 1. The Morgan fingerprint density at radius 1 is 1.33 bits per heavy atom. The van der Waals surface area contributed by atoms with Gasteiger partial charge in [-0.2, -0.15) is 0 Å². The van der Waals surface area contributed by atoms with Crippen molar-refractivity contribution in [2.75, 3.05) is 6.61 Å². The van der Waals surface area contributed by atoms with Gasteiger partial charge in [0.25, 0.3) is 0 Å². The molecule has 0 saturated carbocycles. The Labute approximate surface area is 92.8 Å². The molecular weight excluding hydrogens is 192 g/mol. The van der Waals surface area contributed by atoms with Crippen molar-refractivity contribution in [2.24, 2.45) is 11.8 Å². The summed E-state index contributed by atoms with van der Waals surface area (Å²) in [5, 5.41) is 9.44. The highest BCUT2D eigenvalue weighted by molar-refractivity contribution is 5.74. The lowest BCUT2D eigenvalue weighted by molar-refractivity contribution is -0.154. The Morgan fingerprint density at radius 3 is 2.40 bits per heavy atom. The molecule has 0 amide bonds. The van der Waals surface area contributed by atoms with E-state index >= 15 is 0 Å². The maximum atomic E-state index is 11.3. The fourth-order valence-corrected chi connectivity index (χ4v) is 1.20. The van der Waals surface area contributed by atoms with Crippen molar-refractivity contribution in [1.29, 1.82) is 0 Å². The monoisotopic (exact) mass is 216 g/mol. The minimum atomic E-state index is -0.957. The molecular formula is C12H24O3. The van der Waals surface area contributed by atoms with Crippen LogP contribution >= 0.6 is 0 Å². The topological polar surface area (TPSA) is 46.5 Å². The van der Waals surface area contributed by atoms with Gasteiger partial charge in [0.2, 0.25) is 0 Å². The molecule has 0 aliphatic carbocycles. The van der Waals surface area contributed by atoms with Crippen LogP contribution in [0.3, 0.4) is 0 Å². The first-order valence-electron chi connectivity index (χ1n) is 5.82. The van der Waals surface area contributed by atoms with Gasteiger partial charge in [-0.25, -0.2) is 4.79 Å². The number of hydrogen-bond donors (Lipinski definition) is 1. The fourth-order valence-electron chi connectivity index (χ4n) is 1.20. The molecule has 90 valence electrons. The molecule has 0 rings (SSSR count). The van der Waals surface area contributed by atoms with E-state index in [1.54, 1.807) is 0 Å². The van der Waals surface area contributed by atoms with Gasteiger partial charge in [0, 0.05) is 0 Å². The molecule has 2 atom stereocenters. The standard InChI is InChI=1S/C12H24O3/c1-5-10(4)6-7-15-12(14)11(13)8-9(2)3/h9-11,13H,5-8H2,1-4H3. The molecule has 0 aliphatic heterocycles. The van der Waals surface area contributed by atoms with Crippen LogP contribution in [0.5, 0.6) is 0 Å². The minimum Gasteiger partial charge on any atom is -0.464 e. The average Bonchev–Trinajstić information content (AvgIpc) is 2.16. The van der Waals surface area contributed by atoms with Gasteiger partial charge >= 0.3 is 5.97 Å². The summed E-state index contributed by atoms with van der Waals surface area (Å²) < 4.78 is 4.99. The molecule has 2 unspecified atom stereocenters. The van der Waals surface area contributed by atoms with E-state index in [0.717, 1.165) is 12.8 Å². The Morgan fingerprint density at radius 2 is 1.93 bits per heavy atom. The van der Waals surface area contributed by atoms with Gasteiger partial charge in [0.05, 0.1) is 6.61 Å². The number of rotatable bonds is 7. The molecule has 0 aromatic rings. The van der Waals surface area contributed by atoms with E-state index in [1.165, 1.54) is 0 Å². The number of carbonyl (C=O) groups is 1. The van der Waals surface area contributed by atoms with Gasteiger partial charge in [-0.3, -0.25) is 0 Å². The molecule has 0 radical (unpaired) electrons. The molecule has 0 aliphatic rings. The molecule has 0 fully saturated rings. The Bertz CT molecular complexity index is 178. The average molecular weight is 216 g/mol. The third-order valence-electron chi connectivity index (χ3n) is 2.52. The van der Waals surface area contributed by atoms with E-state index in [1.807, 2.05) is 13.8 Å². The van der Waals surface area contributed by atoms with Crippen molar-refractivity contribution in [1.82, 2.24) is 0 Å². The number of carbonyl (C=O) groups excluding carboxylic acids is 1. The molecule has 0 saturated heterocycles. The van der Waals surface area contributed by atoms with Gasteiger partial charge in [0.15, 0.2) is 6.10 Å². The molecule has 15 heavy (non-hydrogen) atoms. The van der Waals surface area contributed by atoms with Crippen molar-refractivity contribution < 1.29 is 14.6 Å². The van der Waals surface area contributed by atoms with Crippen molar-refractivity contribution >= 4 is 5.97 Å². The smallest absolute Gasteiger partial charge is 0.334 e. The number of hydrogen-bond acceptors (Lipinski definition) is 3. The van der Waals surface area contributed by atoms with E-state index in [0.29, 0.717) is 24.9 Å². The van der Waals surface area contributed by atoms with E-state index in [9.17, 15) is 9.90 Å². The Kier molecular flexibility index (Phi) is 7.39. The highest BCUT2D eigenvalue weighted by Gasteiger charge is 2.17. The molecule has 0 spiro atoms. The van der Waals surface area contributed by atoms with Crippen LogP contribution in [-0.2, 0) is 9.53 Å². The quantitative estimate of drug-likeness (QED) is 0.665. The molecule has 0 bridgehead atoms. The summed E-state index contributed by atoms with van der Waals surface area (Å²) >= 11 is 0. The second-order valence-electron chi connectivity index (χ2n) is 4.61. The minimum absolute atomic E-state index is 0.308. The lowest BCUT2D eigenvalue weighted by Gasteiger charge is -2.13. The number of esters is 1. The molecule has 0 aromatic carbocycles. The van der Waals surface area contributed by atoms with Crippen molar-refractivity contribution in [2.45, 2.75) is 53.1 Å². The first kappa shape index (κ1) is 14.4. The van der Waals surface area contributed by atoms with Gasteiger partial charge in [0.1, 0.15) is 0 Å². The second kappa shape index (κ2) is 7.69. The van der Waals surface area contributed by atoms with Crippen LogP contribution in [0.2, 0.25) is 0 Å². The number of ether oxygens (including phenoxy) is 1. The molecule has 3 nitrogen and oxygen atoms in total. The zero-order valence-corrected chi connectivity index (χ0v) is 10.3. The summed E-state index contributed by atoms with van der Waals surface area (Å²) in [5.74, 6) is 0.397. The van der Waals surface area contributed by atoms with E-state index in [4.69, 9.17) is 4.74 Å². The maximum absolute atomic E-state index is 11.3. The lowest BCUT2D eigenvalue weighted by atomic mass is 10.1. The van der Waals surface area contributed by atoms with Crippen LogP contribution in [-0.4, -0.2) is 23.8 Å². The zero-order valence-electron chi connectivity index (χ0n) is 10.3. The fraction of sp³-hybridized carbons (Fsp3) is 0.917. The number of aliphatic hydroxyl groups is 1. The van der Waals surface area contributed by atoms with Crippen molar-refractivity contribution in [3.8, 4) is 0 Å². The predicted molar refractivity (Wildman–Crippen MR) is 60.5 cm³/mol. The Hall–Kier alpha value is -0.570. The predicted octanol–water partition coefficient (Wildman–Crippen LogP) is 2.37. The largest absolute Gasteiger partial charge is 0.464 e. The van der Waals surface area contributed by atoms with Crippen LogP contribution in [0.25, 0.3) is 0 Å². The molecule has 3 heteroatoms. The van der Waals surface area contributed by atoms with E-state index < -0.39 is 12.1 Å². The molecule has 1 N–H and O–H groups in total. The third kappa shape index (κ3) is 7.37. The first-order valence-corrected chi connectivity index (χ1v) is 5.82. The lowest BCUT2D eigenvalue weighted by Crippen LogP contribution is -2.25. The van der Waals surface area contributed by atoms with Crippen LogP contribution < -0.4 is 0 Å². The summed E-state index contributed by atoms with van der Waals surface area (Å²) in [6.45, 7) is 8.59. The first-order chi connectivity index (χ1) is 6.97. The van der Waals surface area contributed by atoms with Crippen LogP contribution in [0.15, 0.2) is 0 Å². The summed E-state index contributed by atoms with van der Waals surface area (Å²) in [7, 11) is 0. The van der Waals surface area contributed by atoms with Crippen LogP contribution in [0, 0.1) is 11.8 Å². The van der Waals surface area contributed by atoms with Crippen molar-refractivity contribution in [3.05, 3.63) is 0 Å². The highest BCUT2D eigenvalue weighted by Crippen LogP contribution is 2.09. The Balaban J connectivity index is 3.64. The van der Waals surface area contributed by atoms with Gasteiger partial charge in [-0.05, 0) is 24.7 Å². The molecule has 0 aromatic heterocycles. The highest BCUT2D eigenvalue weighted by atomic mass is 16.5. The van der Waals surface area contributed by atoms with Gasteiger partial charge in [-0.15, -0.1) is 0 Å².